The first-order valence-corrected chi connectivity index (χ1v) is 16.3. The van der Waals surface area contributed by atoms with Gasteiger partial charge in [0.05, 0.1) is 62.7 Å². The van der Waals surface area contributed by atoms with E-state index < -0.39 is 0 Å². The molecule has 0 radical (unpaired) electrons. The van der Waals surface area contributed by atoms with Gasteiger partial charge in [0, 0.05) is 38.4 Å². The number of para-hydroxylation sites is 3. The lowest BCUT2D eigenvalue weighted by molar-refractivity contribution is 1.18. The van der Waals surface area contributed by atoms with Gasteiger partial charge in [-0.15, -0.1) is 0 Å². The summed E-state index contributed by atoms with van der Waals surface area (Å²) in [6, 6.07) is 57.7. The molecule has 2 heterocycles. The molecule has 0 saturated carbocycles. The Morgan fingerprint density at radius 2 is 0.920 bits per heavy atom. The fourth-order valence-electron chi connectivity index (χ4n) is 7.37. The molecule has 5 nitrogen and oxygen atoms in total. The van der Waals surface area contributed by atoms with Crippen molar-refractivity contribution >= 4 is 43.6 Å². The lowest BCUT2D eigenvalue weighted by atomic mass is 9.93. The van der Waals surface area contributed by atoms with Crippen molar-refractivity contribution in [3.8, 4) is 51.8 Å². The number of hydrogen-bond acceptors (Lipinski definition) is 3. The highest BCUT2D eigenvalue weighted by Gasteiger charge is 2.18. The number of hydrogen-bond donors (Lipinski definition) is 0. The third-order valence-corrected chi connectivity index (χ3v) is 9.64. The van der Waals surface area contributed by atoms with Gasteiger partial charge in [0.15, 0.2) is 0 Å². The third-order valence-electron chi connectivity index (χ3n) is 9.64. The molecule has 50 heavy (non-hydrogen) atoms. The molecule has 0 aliphatic heterocycles. The number of nitrogens with zero attached hydrogens (tertiary/aromatic N) is 5. The molecule has 230 valence electrons. The molecular weight excluding hydrogens is 611 g/mol. The Hall–Kier alpha value is -7.39. The van der Waals surface area contributed by atoms with Gasteiger partial charge in [-0.2, -0.15) is 15.8 Å². The molecule has 2 aromatic heterocycles. The molecule has 0 bridgehead atoms. The zero-order valence-electron chi connectivity index (χ0n) is 26.7. The van der Waals surface area contributed by atoms with Crippen LogP contribution >= 0.6 is 0 Å². The van der Waals surface area contributed by atoms with Crippen LogP contribution in [0.1, 0.15) is 16.7 Å². The van der Waals surface area contributed by atoms with E-state index in [0.29, 0.717) is 16.7 Å². The van der Waals surface area contributed by atoms with Crippen molar-refractivity contribution < 1.29 is 0 Å². The first-order chi connectivity index (χ1) is 24.7. The Bertz CT molecular complexity index is 2900. The fourth-order valence-corrected chi connectivity index (χ4v) is 7.37. The number of aromatic nitrogens is 2. The van der Waals surface area contributed by atoms with Gasteiger partial charge < -0.3 is 9.13 Å². The fraction of sp³-hybridized carbons (Fsp3) is 0. The van der Waals surface area contributed by atoms with Crippen LogP contribution in [0.25, 0.3) is 77.2 Å². The second-order valence-electron chi connectivity index (χ2n) is 12.3. The SMILES string of the molecule is N#Cc1ccc(-n2c3ccccc3c3cc(C#N)ccc32)c(-c2ccc(C#N)c(-c3ccc(-n4c5ccccc5c5ccccc54)cc3)c2)c1. The van der Waals surface area contributed by atoms with E-state index in [1.807, 2.05) is 60.7 Å². The topological polar surface area (TPSA) is 81.2 Å². The summed E-state index contributed by atoms with van der Waals surface area (Å²) in [7, 11) is 0. The lowest BCUT2D eigenvalue weighted by Gasteiger charge is -2.16. The van der Waals surface area contributed by atoms with Crippen LogP contribution in [0.5, 0.6) is 0 Å². The monoisotopic (exact) mass is 635 g/mol. The van der Waals surface area contributed by atoms with Crippen molar-refractivity contribution in [2.45, 2.75) is 0 Å². The molecule has 9 rings (SSSR count). The number of rotatable bonds is 4. The van der Waals surface area contributed by atoms with Crippen molar-refractivity contribution in [1.29, 1.82) is 15.8 Å². The van der Waals surface area contributed by atoms with Gasteiger partial charge in [0.2, 0.25) is 0 Å². The highest BCUT2D eigenvalue weighted by atomic mass is 15.0. The second kappa shape index (κ2) is 11.4. The standard InChI is InChI=1S/C45H25N5/c46-26-29-13-21-44(50-43-12-6-3-9-37(43)40-24-30(27-47)14-22-45(40)50)39(23-29)32-15-16-33(28-48)38(25-32)31-17-19-34(20-18-31)49-41-10-4-1-7-35(41)36-8-2-5-11-42(36)49/h1-25H. The summed E-state index contributed by atoms with van der Waals surface area (Å²) in [5, 5.41) is 34.3. The van der Waals surface area contributed by atoms with Crippen molar-refractivity contribution in [2.24, 2.45) is 0 Å². The zero-order valence-corrected chi connectivity index (χ0v) is 26.7. The minimum absolute atomic E-state index is 0.540. The van der Waals surface area contributed by atoms with E-state index in [9.17, 15) is 15.8 Å². The summed E-state index contributed by atoms with van der Waals surface area (Å²) in [6.07, 6.45) is 0. The molecule has 0 fully saturated rings. The Morgan fingerprint density at radius 3 is 1.56 bits per heavy atom. The molecule has 0 spiro atoms. The van der Waals surface area contributed by atoms with E-state index in [4.69, 9.17) is 0 Å². The van der Waals surface area contributed by atoms with E-state index in [2.05, 4.69) is 118 Å². The molecule has 0 amide bonds. The van der Waals surface area contributed by atoms with Crippen LogP contribution < -0.4 is 0 Å². The minimum Gasteiger partial charge on any atom is -0.309 e. The van der Waals surface area contributed by atoms with E-state index in [0.717, 1.165) is 66.5 Å². The van der Waals surface area contributed by atoms with Crippen LogP contribution in [0, 0.1) is 34.0 Å². The van der Waals surface area contributed by atoms with E-state index in [1.165, 1.54) is 10.8 Å². The smallest absolute Gasteiger partial charge is 0.0998 e. The van der Waals surface area contributed by atoms with E-state index in [-0.39, 0.29) is 0 Å². The predicted octanol–water partition coefficient (Wildman–Crippen LogP) is 10.8. The van der Waals surface area contributed by atoms with Gasteiger partial charge in [0.25, 0.3) is 0 Å². The van der Waals surface area contributed by atoms with Gasteiger partial charge in [-0.05, 0) is 90.0 Å². The molecule has 0 aliphatic rings. The van der Waals surface area contributed by atoms with Gasteiger partial charge >= 0.3 is 0 Å². The molecule has 7 aromatic carbocycles. The Labute approximate surface area is 287 Å². The van der Waals surface area contributed by atoms with Crippen LogP contribution in [0.15, 0.2) is 152 Å². The van der Waals surface area contributed by atoms with Gasteiger partial charge in [0.1, 0.15) is 0 Å². The third kappa shape index (κ3) is 4.38. The van der Waals surface area contributed by atoms with Gasteiger partial charge in [-0.25, -0.2) is 0 Å². The van der Waals surface area contributed by atoms with Crippen LogP contribution in [0.2, 0.25) is 0 Å². The lowest BCUT2D eigenvalue weighted by Crippen LogP contribution is -1.99. The van der Waals surface area contributed by atoms with Crippen LogP contribution in [0.3, 0.4) is 0 Å². The first-order valence-electron chi connectivity index (χ1n) is 16.3. The highest BCUT2D eigenvalue weighted by molar-refractivity contribution is 6.11. The normalized spacial score (nSPS) is 11.1. The van der Waals surface area contributed by atoms with Gasteiger partial charge in [-0.3, -0.25) is 0 Å². The molecule has 0 atom stereocenters. The zero-order chi connectivity index (χ0) is 33.8. The maximum atomic E-state index is 10.2. The molecule has 5 heteroatoms. The molecule has 0 aliphatic carbocycles. The molecule has 0 saturated heterocycles. The summed E-state index contributed by atoms with van der Waals surface area (Å²) in [5.41, 5.74) is 11.4. The van der Waals surface area contributed by atoms with Crippen molar-refractivity contribution in [2.75, 3.05) is 0 Å². The van der Waals surface area contributed by atoms with Gasteiger partial charge in [-0.1, -0.05) is 72.8 Å². The maximum absolute atomic E-state index is 10.2. The van der Waals surface area contributed by atoms with E-state index >= 15 is 0 Å². The largest absolute Gasteiger partial charge is 0.309 e. The second-order valence-corrected chi connectivity index (χ2v) is 12.3. The summed E-state index contributed by atoms with van der Waals surface area (Å²) in [6.45, 7) is 0. The average Bonchev–Trinajstić information content (AvgIpc) is 3.70. The maximum Gasteiger partial charge on any atom is 0.0998 e. The number of fused-ring (bicyclic) bond motifs is 6. The Morgan fingerprint density at radius 1 is 0.380 bits per heavy atom. The first kappa shape index (κ1) is 28.8. The van der Waals surface area contributed by atoms with Crippen LogP contribution in [-0.2, 0) is 0 Å². The average molecular weight is 636 g/mol. The van der Waals surface area contributed by atoms with Crippen molar-refractivity contribution in [3.05, 3.63) is 168 Å². The summed E-state index contributed by atoms with van der Waals surface area (Å²) >= 11 is 0. The summed E-state index contributed by atoms with van der Waals surface area (Å²) in [5.74, 6) is 0. The minimum atomic E-state index is 0.540. The molecule has 0 unspecified atom stereocenters. The molecule has 9 aromatic rings. The summed E-state index contributed by atoms with van der Waals surface area (Å²) in [4.78, 5) is 0. The predicted molar refractivity (Wildman–Crippen MR) is 200 cm³/mol. The molecule has 0 N–H and O–H groups in total. The Kier molecular flexibility index (Phi) is 6.56. The van der Waals surface area contributed by atoms with Crippen LogP contribution in [0.4, 0.5) is 0 Å². The van der Waals surface area contributed by atoms with Crippen LogP contribution in [-0.4, -0.2) is 9.13 Å². The Balaban J connectivity index is 1.21. The van der Waals surface area contributed by atoms with E-state index in [1.54, 1.807) is 0 Å². The van der Waals surface area contributed by atoms with Crippen molar-refractivity contribution in [1.82, 2.24) is 9.13 Å². The number of nitriles is 3. The molecular formula is C45H25N5. The number of benzene rings is 7. The highest BCUT2D eigenvalue weighted by Crippen LogP contribution is 2.39. The van der Waals surface area contributed by atoms with Crippen molar-refractivity contribution in [3.63, 3.8) is 0 Å². The summed E-state index contributed by atoms with van der Waals surface area (Å²) < 4.78 is 4.47. The quantitative estimate of drug-likeness (QED) is 0.193.